The van der Waals surface area contributed by atoms with Gasteiger partial charge in [-0.3, -0.25) is 13.9 Å². The summed E-state index contributed by atoms with van der Waals surface area (Å²) >= 11 is 12.5. The van der Waals surface area contributed by atoms with Crippen LogP contribution in [0.5, 0.6) is 0 Å². The van der Waals surface area contributed by atoms with Crippen molar-refractivity contribution in [1.29, 1.82) is 0 Å². The maximum atomic E-state index is 14.4. The van der Waals surface area contributed by atoms with E-state index in [9.17, 15) is 18.0 Å². The van der Waals surface area contributed by atoms with Crippen molar-refractivity contribution < 1.29 is 18.0 Å². The fourth-order valence-corrected chi connectivity index (χ4v) is 6.42. The van der Waals surface area contributed by atoms with Crippen molar-refractivity contribution in [2.75, 3.05) is 10.8 Å². The maximum absolute atomic E-state index is 14.4. The SMILES string of the molecule is Cc1ccc(S(=O)(=O)N(CC(=O)N(Cc2ccccc2)C(Cc2ccccc2)C(=O)NC(C)C)c2ccc(Cl)c(Cl)c2)cc1. The summed E-state index contributed by atoms with van der Waals surface area (Å²) in [6, 6.07) is 28.4. The first-order chi connectivity index (χ1) is 21.0. The summed E-state index contributed by atoms with van der Waals surface area (Å²) in [6.45, 7) is 5.05. The van der Waals surface area contributed by atoms with Crippen molar-refractivity contribution in [3.05, 3.63) is 130 Å². The minimum atomic E-state index is -4.24. The zero-order chi connectivity index (χ0) is 31.9. The van der Waals surface area contributed by atoms with Crippen molar-refractivity contribution >= 4 is 50.7 Å². The van der Waals surface area contributed by atoms with Crippen molar-refractivity contribution in [1.82, 2.24) is 10.2 Å². The first-order valence-corrected chi connectivity index (χ1v) is 16.4. The third-order valence-corrected chi connectivity index (χ3v) is 9.50. The topological polar surface area (TPSA) is 86.8 Å². The number of rotatable bonds is 12. The van der Waals surface area contributed by atoms with Crippen LogP contribution in [-0.2, 0) is 32.6 Å². The molecule has 1 atom stereocenters. The number of carbonyl (C=O) groups excluding carboxylic acids is 2. The van der Waals surface area contributed by atoms with Gasteiger partial charge < -0.3 is 10.2 Å². The highest BCUT2D eigenvalue weighted by atomic mass is 35.5. The quantitative estimate of drug-likeness (QED) is 0.186. The maximum Gasteiger partial charge on any atom is 0.264 e. The van der Waals surface area contributed by atoms with Gasteiger partial charge in [-0.2, -0.15) is 0 Å². The van der Waals surface area contributed by atoms with Crippen LogP contribution >= 0.6 is 23.2 Å². The Morgan fingerprint density at radius 3 is 1.95 bits per heavy atom. The molecule has 0 bridgehead atoms. The van der Waals surface area contributed by atoms with E-state index in [1.54, 1.807) is 12.1 Å². The largest absolute Gasteiger partial charge is 0.352 e. The van der Waals surface area contributed by atoms with Gasteiger partial charge >= 0.3 is 0 Å². The van der Waals surface area contributed by atoms with Gasteiger partial charge in [-0.1, -0.05) is 102 Å². The van der Waals surface area contributed by atoms with Crippen LogP contribution in [0, 0.1) is 6.92 Å². The van der Waals surface area contributed by atoms with E-state index in [4.69, 9.17) is 23.2 Å². The van der Waals surface area contributed by atoms with Gasteiger partial charge in [0.25, 0.3) is 10.0 Å². The number of nitrogens with one attached hydrogen (secondary N) is 1. The van der Waals surface area contributed by atoms with Crippen molar-refractivity contribution in [2.24, 2.45) is 0 Å². The van der Waals surface area contributed by atoms with Crippen LogP contribution in [0.4, 0.5) is 5.69 Å². The minimum Gasteiger partial charge on any atom is -0.352 e. The van der Waals surface area contributed by atoms with Crippen LogP contribution < -0.4 is 9.62 Å². The molecule has 0 saturated carbocycles. The predicted molar refractivity (Wildman–Crippen MR) is 176 cm³/mol. The Morgan fingerprint density at radius 2 is 1.39 bits per heavy atom. The molecule has 0 heterocycles. The normalized spacial score (nSPS) is 12.0. The Bertz CT molecular complexity index is 1680. The number of aryl methyl sites for hydroxylation is 1. The second-order valence-corrected chi connectivity index (χ2v) is 13.5. The highest BCUT2D eigenvalue weighted by Gasteiger charge is 2.35. The summed E-state index contributed by atoms with van der Waals surface area (Å²) in [4.78, 5) is 29.6. The Kier molecular flexibility index (Phi) is 11.1. The van der Waals surface area contributed by atoms with E-state index in [-0.39, 0.29) is 45.5 Å². The van der Waals surface area contributed by atoms with Gasteiger partial charge in [0.1, 0.15) is 12.6 Å². The Hall–Kier alpha value is -3.85. The average molecular weight is 653 g/mol. The monoisotopic (exact) mass is 651 g/mol. The van der Waals surface area contributed by atoms with Gasteiger partial charge in [-0.25, -0.2) is 8.42 Å². The van der Waals surface area contributed by atoms with Gasteiger partial charge in [-0.05, 0) is 62.2 Å². The van der Waals surface area contributed by atoms with Crippen LogP contribution in [0.3, 0.4) is 0 Å². The van der Waals surface area contributed by atoms with Crippen LogP contribution in [0.15, 0.2) is 108 Å². The van der Waals surface area contributed by atoms with Gasteiger partial charge in [0.05, 0.1) is 20.6 Å². The number of nitrogens with zero attached hydrogens (tertiary/aromatic N) is 2. The van der Waals surface area contributed by atoms with Crippen LogP contribution in [0.2, 0.25) is 10.0 Å². The lowest BCUT2D eigenvalue weighted by Crippen LogP contribution is -2.54. The highest BCUT2D eigenvalue weighted by molar-refractivity contribution is 7.92. The summed E-state index contributed by atoms with van der Waals surface area (Å²) in [5.41, 5.74) is 2.70. The molecule has 0 radical (unpaired) electrons. The number of benzene rings is 4. The summed E-state index contributed by atoms with van der Waals surface area (Å²) in [5, 5.41) is 3.33. The molecular formula is C34H35Cl2N3O4S. The summed E-state index contributed by atoms with van der Waals surface area (Å²) in [6.07, 6.45) is 0.232. The van der Waals surface area contributed by atoms with E-state index >= 15 is 0 Å². The lowest BCUT2D eigenvalue weighted by Gasteiger charge is -2.34. The molecule has 0 fully saturated rings. The molecule has 0 saturated heterocycles. The fourth-order valence-electron chi connectivity index (χ4n) is 4.72. The summed E-state index contributed by atoms with van der Waals surface area (Å²) in [7, 11) is -4.24. The number of sulfonamides is 1. The van der Waals surface area contributed by atoms with Crippen molar-refractivity contribution in [2.45, 2.75) is 50.7 Å². The lowest BCUT2D eigenvalue weighted by atomic mass is 10.0. The molecule has 230 valence electrons. The third-order valence-electron chi connectivity index (χ3n) is 6.98. The first-order valence-electron chi connectivity index (χ1n) is 14.2. The van der Waals surface area contributed by atoms with E-state index in [0.717, 1.165) is 21.0 Å². The minimum absolute atomic E-state index is 0.00923. The van der Waals surface area contributed by atoms with Gasteiger partial charge in [0, 0.05) is 19.0 Å². The van der Waals surface area contributed by atoms with Crippen LogP contribution in [0.1, 0.15) is 30.5 Å². The zero-order valence-corrected chi connectivity index (χ0v) is 27.1. The van der Waals surface area contributed by atoms with Crippen LogP contribution in [-0.4, -0.2) is 43.8 Å². The standard InChI is InChI=1S/C34H35Cl2N3O4S/c1-24(2)37-34(41)32(20-26-10-6-4-7-11-26)38(22-27-12-8-5-9-13-27)33(40)23-39(28-16-19-30(35)31(36)21-28)44(42,43)29-17-14-25(3)15-18-29/h4-19,21,24,32H,20,22-23H2,1-3H3,(H,37,41). The summed E-state index contributed by atoms with van der Waals surface area (Å²) < 4.78 is 29.2. The molecule has 0 aromatic heterocycles. The molecule has 2 amide bonds. The van der Waals surface area contributed by atoms with Crippen molar-refractivity contribution in [3.8, 4) is 0 Å². The second-order valence-electron chi connectivity index (χ2n) is 10.8. The molecule has 4 aromatic carbocycles. The smallest absolute Gasteiger partial charge is 0.264 e. The molecule has 1 N–H and O–H groups in total. The van der Waals surface area contributed by atoms with E-state index in [1.165, 1.54) is 35.2 Å². The number of anilines is 1. The molecule has 4 aromatic rings. The molecule has 4 rings (SSSR count). The van der Waals surface area contributed by atoms with E-state index in [1.807, 2.05) is 81.4 Å². The molecule has 1 unspecified atom stereocenters. The second kappa shape index (κ2) is 14.8. The number of hydrogen-bond acceptors (Lipinski definition) is 4. The number of amides is 2. The van der Waals surface area contributed by atoms with E-state index in [0.29, 0.717) is 0 Å². The Balaban J connectivity index is 1.81. The molecule has 0 aliphatic carbocycles. The van der Waals surface area contributed by atoms with Gasteiger partial charge in [-0.15, -0.1) is 0 Å². The summed E-state index contributed by atoms with van der Waals surface area (Å²) in [5.74, 6) is -0.897. The van der Waals surface area contributed by atoms with Gasteiger partial charge in [0.15, 0.2) is 0 Å². The number of halogens is 2. The van der Waals surface area contributed by atoms with Crippen LogP contribution in [0.25, 0.3) is 0 Å². The number of hydrogen-bond donors (Lipinski definition) is 1. The predicted octanol–water partition coefficient (Wildman–Crippen LogP) is 6.66. The highest BCUT2D eigenvalue weighted by Crippen LogP contribution is 2.31. The average Bonchev–Trinajstić information content (AvgIpc) is 3.00. The molecule has 7 nitrogen and oxygen atoms in total. The molecule has 0 aliphatic heterocycles. The van der Waals surface area contributed by atoms with E-state index < -0.39 is 28.5 Å². The molecule has 0 spiro atoms. The lowest BCUT2D eigenvalue weighted by molar-refractivity contribution is -0.140. The first kappa shape index (κ1) is 33.1. The Labute approximate surface area is 269 Å². The molecule has 10 heteroatoms. The zero-order valence-electron chi connectivity index (χ0n) is 24.8. The van der Waals surface area contributed by atoms with Gasteiger partial charge in [0.2, 0.25) is 11.8 Å². The fraction of sp³-hybridized carbons (Fsp3) is 0.235. The molecule has 44 heavy (non-hydrogen) atoms. The van der Waals surface area contributed by atoms with Crippen molar-refractivity contribution in [3.63, 3.8) is 0 Å². The molecular weight excluding hydrogens is 617 g/mol. The Morgan fingerprint density at radius 1 is 0.795 bits per heavy atom. The number of carbonyl (C=O) groups is 2. The third kappa shape index (κ3) is 8.40. The molecule has 0 aliphatic rings. The van der Waals surface area contributed by atoms with E-state index in [2.05, 4.69) is 5.32 Å².